The monoisotopic (exact) mass is 502 g/mol. The number of rotatable bonds is 16. The van der Waals surface area contributed by atoms with Gasteiger partial charge in [-0.1, -0.05) is 88.8 Å². The molecule has 198 valence electrons. The first-order chi connectivity index (χ1) is 18.1. The molecule has 0 saturated carbocycles. The minimum atomic E-state index is -0.379. The summed E-state index contributed by atoms with van der Waals surface area (Å²) in [6, 6.07) is 23.1. The zero-order chi connectivity index (χ0) is 26.3. The molecule has 37 heavy (non-hydrogen) atoms. The molecule has 3 aromatic carbocycles. The van der Waals surface area contributed by atoms with E-state index in [0.717, 1.165) is 36.3 Å². The van der Waals surface area contributed by atoms with E-state index in [1.807, 2.05) is 24.3 Å². The average molecular weight is 503 g/mol. The first-order valence-electron chi connectivity index (χ1n) is 13.9. The van der Waals surface area contributed by atoms with E-state index in [1.54, 1.807) is 24.3 Å². The van der Waals surface area contributed by atoms with Crippen molar-refractivity contribution in [3.63, 3.8) is 0 Å². The lowest BCUT2D eigenvalue weighted by Gasteiger charge is -2.14. The normalized spacial score (nSPS) is 11.8. The fourth-order valence-corrected chi connectivity index (χ4v) is 4.15. The highest BCUT2D eigenvalue weighted by atomic mass is 16.5. The molecule has 1 unspecified atom stereocenters. The van der Waals surface area contributed by atoms with Gasteiger partial charge in [0, 0.05) is 6.61 Å². The third-order valence-corrected chi connectivity index (χ3v) is 6.46. The molecule has 0 aromatic heterocycles. The summed E-state index contributed by atoms with van der Waals surface area (Å²) in [6.07, 6.45) is 10.1. The van der Waals surface area contributed by atoms with Crippen LogP contribution in [0.4, 0.5) is 0 Å². The summed E-state index contributed by atoms with van der Waals surface area (Å²) in [5, 5.41) is 0. The Morgan fingerprint density at radius 2 is 1.22 bits per heavy atom. The molecule has 0 amide bonds. The lowest BCUT2D eigenvalue weighted by Crippen LogP contribution is -2.08. The Balaban J connectivity index is 1.45. The maximum atomic E-state index is 12.6. The predicted molar refractivity (Wildman–Crippen MR) is 151 cm³/mol. The Kier molecular flexibility index (Phi) is 12.2. The second-order valence-corrected chi connectivity index (χ2v) is 9.54. The Hall–Kier alpha value is -3.11. The van der Waals surface area contributed by atoms with Crippen LogP contribution in [0.1, 0.15) is 94.2 Å². The number of unbranched alkanes of at least 4 members (excludes halogenated alkanes) is 6. The van der Waals surface area contributed by atoms with E-state index in [0.29, 0.717) is 17.9 Å². The standard InChI is InChI=1S/C33H42O4/c1-4-6-7-8-9-10-11-25-35-26(3)27-12-14-28(15-13-27)29-16-18-30(19-17-29)33(34)37-32-22-20-31(21-23-32)36-24-5-2/h12-23,26H,4-11,24-25H2,1-3H3. The number of hydrogen-bond donors (Lipinski definition) is 0. The number of benzene rings is 3. The van der Waals surface area contributed by atoms with E-state index in [2.05, 4.69) is 45.0 Å². The van der Waals surface area contributed by atoms with Crippen LogP contribution in [-0.4, -0.2) is 19.2 Å². The van der Waals surface area contributed by atoms with Crippen LogP contribution in [0.15, 0.2) is 72.8 Å². The lowest BCUT2D eigenvalue weighted by molar-refractivity contribution is 0.0627. The van der Waals surface area contributed by atoms with Crippen LogP contribution in [0.5, 0.6) is 11.5 Å². The largest absolute Gasteiger partial charge is 0.494 e. The SMILES string of the molecule is CCCCCCCCCOC(C)c1ccc(-c2ccc(C(=O)Oc3ccc(OCCC)cc3)cc2)cc1. The predicted octanol–water partition coefficient (Wildman–Crippen LogP) is 9.19. The van der Waals surface area contributed by atoms with E-state index in [9.17, 15) is 4.79 Å². The van der Waals surface area contributed by atoms with Crippen molar-refractivity contribution in [3.05, 3.63) is 83.9 Å². The maximum Gasteiger partial charge on any atom is 0.343 e. The van der Waals surface area contributed by atoms with Gasteiger partial charge in [0.15, 0.2) is 0 Å². The van der Waals surface area contributed by atoms with Crippen molar-refractivity contribution in [2.24, 2.45) is 0 Å². The number of hydrogen-bond acceptors (Lipinski definition) is 4. The van der Waals surface area contributed by atoms with Gasteiger partial charge in [-0.25, -0.2) is 4.79 Å². The van der Waals surface area contributed by atoms with Crippen molar-refractivity contribution in [1.82, 2.24) is 0 Å². The summed E-state index contributed by atoms with van der Waals surface area (Å²) < 4.78 is 17.1. The third kappa shape index (κ3) is 9.70. The molecule has 3 rings (SSSR count). The molecular formula is C33H42O4. The van der Waals surface area contributed by atoms with Gasteiger partial charge < -0.3 is 14.2 Å². The number of carbonyl (C=O) groups is 1. The second kappa shape index (κ2) is 15.9. The third-order valence-electron chi connectivity index (χ3n) is 6.46. The highest BCUT2D eigenvalue weighted by Gasteiger charge is 2.10. The van der Waals surface area contributed by atoms with Gasteiger partial charge >= 0.3 is 5.97 Å². The van der Waals surface area contributed by atoms with E-state index in [4.69, 9.17) is 14.2 Å². The van der Waals surface area contributed by atoms with Crippen molar-refractivity contribution in [2.75, 3.05) is 13.2 Å². The van der Waals surface area contributed by atoms with Crippen LogP contribution in [0.3, 0.4) is 0 Å². The first kappa shape index (κ1) is 28.5. The summed E-state index contributed by atoms with van der Waals surface area (Å²) in [5.74, 6) is 0.888. The topological polar surface area (TPSA) is 44.8 Å². The van der Waals surface area contributed by atoms with E-state index < -0.39 is 0 Å². The van der Waals surface area contributed by atoms with Crippen molar-refractivity contribution in [3.8, 4) is 22.6 Å². The molecule has 0 aliphatic rings. The molecule has 3 aromatic rings. The van der Waals surface area contributed by atoms with Crippen molar-refractivity contribution in [2.45, 2.75) is 78.2 Å². The molecule has 0 spiro atoms. The Morgan fingerprint density at radius 3 is 1.84 bits per heavy atom. The molecule has 0 radical (unpaired) electrons. The van der Waals surface area contributed by atoms with E-state index in [1.165, 1.54) is 44.1 Å². The highest BCUT2D eigenvalue weighted by molar-refractivity contribution is 5.91. The van der Waals surface area contributed by atoms with Crippen molar-refractivity contribution in [1.29, 1.82) is 0 Å². The van der Waals surface area contributed by atoms with Gasteiger partial charge in [0.05, 0.1) is 18.3 Å². The molecule has 0 fully saturated rings. The number of ether oxygens (including phenoxy) is 3. The van der Waals surface area contributed by atoms with Crippen LogP contribution in [0.2, 0.25) is 0 Å². The van der Waals surface area contributed by atoms with Gasteiger partial charge in [-0.3, -0.25) is 0 Å². The average Bonchev–Trinajstić information content (AvgIpc) is 2.94. The second-order valence-electron chi connectivity index (χ2n) is 9.54. The van der Waals surface area contributed by atoms with Gasteiger partial charge in [0.2, 0.25) is 0 Å². The van der Waals surface area contributed by atoms with Gasteiger partial charge in [-0.2, -0.15) is 0 Å². The fraction of sp³-hybridized carbons (Fsp3) is 0.424. The molecule has 4 heteroatoms. The van der Waals surface area contributed by atoms with Gasteiger partial charge in [-0.05, 0) is 72.9 Å². The van der Waals surface area contributed by atoms with Crippen molar-refractivity contribution >= 4 is 5.97 Å². The first-order valence-corrected chi connectivity index (χ1v) is 13.9. The van der Waals surface area contributed by atoms with E-state index in [-0.39, 0.29) is 12.1 Å². The zero-order valence-electron chi connectivity index (χ0n) is 22.7. The molecule has 0 aliphatic carbocycles. The minimum Gasteiger partial charge on any atom is -0.494 e. The number of carbonyl (C=O) groups excluding carboxylic acids is 1. The van der Waals surface area contributed by atoms with Gasteiger partial charge in [0.1, 0.15) is 11.5 Å². The molecule has 0 aliphatic heterocycles. The molecule has 1 atom stereocenters. The lowest BCUT2D eigenvalue weighted by atomic mass is 10.0. The molecule has 4 nitrogen and oxygen atoms in total. The van der Waals surface area contributed by atoms with Crippen LogP contribution < -0.4 is 9.47 Å². The molecule has 0 bridgehead atoms. The van der Waals surface area contributed by atoms with Crippen LogP contribution >= 0.6 is 0 Å². The quantitative estimate of drug-likeness (QED) is 0.111. The molecule has 0 N–H and O–H groups in total. The molecular weight excluding hydrogens is 460 g/mol. The highest BCUT2D eigenvalue weighted by Crippen LogP contribution is 2.25. The van der Waals surface area contributed by atoms with Crippen molar-refractivity contribution < 1.29 is 19.0 Å². The van der Waals surface area contributed by atoms with Crippen LogP contribution in [0, 0.1) is 0 Å². The number of esters is 1. The Bertz CT molecular complexity index is 1040. The smallest absolute Gasteiger partial charge is 0.343 e. The maximum absolute atomic E-state index is 12.6. The van der Waals surface area contributed by atoms with Gasteiger partial charge in [0.25, 0.3) is 0 Å². The fourth-order valence-electron chi connectivity index (χ4n) is 4.15. The Morgan fingerprint density at radius 1 is 0.649 bits per heavy atom. The summed E-state index contributed by atoms with van der Waals surface area (Å²) >= 11 is 0. The van der Waals surface area contributed by atoms with Crippen LogP contribution in [-0.2, 0) is 4.74 Å². The zero-order valence-corrected chi connectivity index (χ0v) is 22.7. The Labute approximate surface area is 223 Å². The summed E-state index contributed by atoms with van der Waals surface area (Å²) in [4.78, 5) is 12.6. The van der Waals surface area contributed by atoms with Crippen LogP contribution in [0.25, 0.3) is 11.1 Å². The summed E-state index contributed by atoms with van der Waals surface area (Å²) in [5.41, 5.74) is 3.85. The minimum absolute atomic E-state index is 0.0820. The van der Waals surface area contributed by atoms with Gasteiger partial charge in [-0.15, -0.1) is 0 Å². The molecule has 0 saturated heterocycles. The van der Waals surface area contributed by atoms with E-state index >= 15 is 0 Å². The summed E-state index contributed by atoms with van der Waals surface area (Å²) in [6.45, 7) is 7.90. The summed E-state index contributed by atoms with van der Waals surface area (Å²) in [7, 11) is 0. The molecule has 0 heterocycles.